The van der Waals surface area contributed by atoms with E-state index in [1.165, 1.54) is 52.0 Å². The van der Waals surface area contributed by atoms with Gasteiger partial charge in [-0.3, -0.25) is 9.59 Å². The first kappa shape index (κ1) is 24.2. The van der Waals surface area contributed by atoms with E-state index >= 15 is 0 Å². The zero-order valence-electron chi connectivity index (χ0n) is 26.2. The van der Waals surface area contributed by atoms with Crippen LogP contribution in [0.5, 0.6) is 0 Å². The molecule has 4 aliphatic carbocycles. The van der Waals surface area contributed by atoms with Gasteiger partial charge in [0.15, 0.2) is 0 Å². The van der Waals surface area contributed by atoms with Crippen LogP contribution in [0, 0.1) is 22.7 Å². The summed E-state index contributed by atoms with van der Waals surface area (Å²) in [5, 5.41) is 10.5. The van der Waals surface area contributed by atoms with Crippen LogP contribution in [-0.4, -0.2) is 34.9 Å². The molecule has 0 aliphatic heterocycles. The molecule has 5 nitrogen and oxygen atoms in total. The van der Waals surface area contributed by atoms with Crippen molar-refractivity contribution < 1.29 is 28.3 Å². The lowest BCUT2D eigenvalue weighted by Gasteiger charge is -2.45. The van der Waals surface area contributed by atoms with Gasteiger partial charge in [0.05, 0.1) is 5.60 Å². The van der Waals surface area contributed by atoms with Gasteiger partial charge in [0, 0.05) is 30.8 Å². The molecule has 6 atom stereocenters. The number of fused-ring (bicyclic) bond motifs is 1. The van der Waals surface area contributed by atoms with Crippen molar-refractivity contribution in [1.82, 2.24) is 0 Å². The second-order valence-electron chi connectivity index (χ2n) is 12.8. The van der Waals surface area contributed by atoms with Crippen LogP contribution < -0.4 is 0 Å². The normalized spacial score (nSPS) is 38.2. The molecule has 4 fully saturated rings. The molecular weight excluding hydrogens is 464 g/mol. The lowest BCUT2D eigenvalue weighted by Crippen LogP contribution is -2.37. The van der Waals surface area contributed by atoms with E-state index in [4.69, 9.17) is 13.6 Å². The number of carbonyl (C=O) groups excluding carboxylic acids is 2. The first-order chi connectivity index (χ1) is 18.6. The smallest absolute Gasteiger partial charge is 0.303 e. The first-order valence-corrected chi connectivity index (χ1v) is 14.2. The molecule has 4 rings (SSSR count). The summed E-state index contributed by atoms with van der Waals surface area (Å²) in [5.41, 5.74) is 2.08. The van der Waals surface area contributed by atoms with Crippen LogP contribution in [0.1, 0.15) is 116 Å². The third-order valence-corrected chi connectivity index (χ3v) is 9.80. The molecule has 0 bridgehead atoms. The Bertz CT molecular complexity index is 1070. The maximum atomic E-state index is 11.7. The molecule has 0 radical (unpaired) electrons. The third-order valence-electron chi connectivity index (χ3n) is 9.80. The fourth-order valence-electron chi connectivity index (χ4n) is 8.04. The van der Waals surface area contributed by atoms with Crippen molar-refractivity contribution in [1.29, 1.82) is 0 Å². The number of carbonyl (C=O) groups is 2. The highest BCUT2D eigenvalue weighted by Gasteiger charge is 2.60. The molecule has 0 heterocycles. The van der Waals surface area contributed by atoms with Crippen LogP contribution in [0.3, 0.4) is 0 Å². The minimum Gasteiger partial charge on any atom is -0.462 e. The third kappa shape index (κ3) is 6.41. The molecule has 0 amide bonds. The standard InChI is InChI=1S/C32H48O5/c1-21-25(19-26(36-22(2)33)20-28(21)37-23(3)34)11-10-24-9-7-15-31(6)27(24)12-13-29(31)32(17-18-32)16-8-14-30(4,5)35/h10-11,26-29,35H,1,7-9,12-20H2,2-6H3/b24-10+,25-11-/t26-,27?,28+,29+,31+/m1/s1/i4D3/t26-,27?,28+,29+,30?,31+. The van der Waals surface area contributed by atoms with Gasteiger partial charge in [0.1, 0.15) is 12.2 Å². The van der Waals surface area contributed by atoms with Gasteiger partial charge < -0.3 is 14.6 Å². The number of esters is 2. The minimum absolute atomic E-state index is 0.218. The average Bonchev–Trinajstić information content (AvgIpc) is 3.51. The van der Waals surface area contributed by atoms with Crippen molar-refractivity contribution in [3.63, 3.8) is 0 Å². The average molecular weight is 516 g/mol. The summed E-state index contributed by atoms with van der Waals surface area (Å²) >= 11 is 0. The Morgan fingerprint density at radius 3 is 2.57 bits per heavy atom. The Kier molecular flexibility index (Phi) is 7.00. The Labute approximate surface area is 228 Å². The van der Waals surface area contributed by atoms with Crippen molar-refractivity contribution in [2.45, 2.75) is 129 Å². The quantitative estimate of drug-likeness (QED) is 0.353. The predicted octanol–water partition coefficient (Wildman–Crippen LogP) is 6.99. The van der Waals surface area contributed by atoms with Gasteiger partial charge in [0.2, 0.25) is 0 Å². The fraction of sp³-hybridized carbons (Fsp3) is 0.750. The summed E-state index contributed by atoms with van der Waals surface area (Å²) in [6.07, 6.45) is 14.8. The van der Waals surface area contributed by atoms with E-state index in [1.807, 2.05) is 0 Å². The molecule has 4 aliphatic rings. The van der Waals surface area contributed by atoms with Gasteiger partial charge in [-0.15, -0.1) is 0 Å². The highest BCUT2D eigenvalue weighted by atomic mass is 16.6. The van der Waals surface area contributed by atoms with Crippen LogP contribution in [0.4, 0.5) is 0 Å². The number of allylic oxidation sites excluding steroid dienone is 3. The monoisotopic (exact) mass is 515 g/mol. The molecule has 1 N–H and O–H groups in total. The molecule has 5 heteroatoms. The van der Waals surface area contributed by atoms with E-state index in [-0.39, 0.29) is 28.9 Å². The van der Waals surface area contributed by atoms with E-state index in [0.717, 1.165) is 43.3 Å². The van der Waals surface area contributed by atoms with E-state index in [0.29, 0.717) is 31.1 Å². The van der Waals surface area contributed by atoms with Gasteiger partial charge in [-0.25, -0.2) is 0 Å². The van der Waals surface area contributed by atoms with Gasteiger partial charge in [-0.2, -0.15) is 0 Å². The van der Waals surface area contributed by atoms with Crippen molar-refractivity contribution in [2.75, 3.05) is 0 Å². The molecule has 4 saturated carbocycles. The number of hydrogen-bond donors (Lipinski definition) is 1. The van der Waals surface area contributed by atoms with Crippen molar-refractivity contribution in [2.24, 2.45) is 22.7 Å². The van der Waals surface area contributed by atoms with E-state index in [1.54, 1.807) is 0 Å². The summed E-state index contributed by atoms with van der Waals surface area (Å²) in [6, 6.07) is 0. The van der Waals surface area contributed by atoms with Gasteiger partial charge in [-0.05, 0) is 105 Å². The first-order valence-electron chi connectivity index (χ1n) is 15.7. The summed E-state index contributed by atoms with van der Waals surface area (Å²) in [6.45, 7) is 8.58. The van der Waals surface area contributed by atoms with E-state index in [2.05, 4.69) is 25.7 Å². The number of rotatable bonds is 8. The Morgan fingerprint density at radius 2 is 1.92 bits per heavy atom. The fourth-order valence-corrected chi connectivity index (χ4v) is 8.04. The SMILES string of the molecule is [2H]C([2H])([2H])C(C)(O)CCCC1([C@H]2CCC3/C(=C/C=C4/C[C@@H](OC(C)=O)C[C@H](OC(C)=O)C4=C)CCC[C@@]32C)CC1. The van der Waals surface area contributed by atoms with E-state index < -0.39 is 18.6 Å². The lowest BCUT2D eigenvalue weighted by atomic mass is 9.59. The van der Waals surface area contributed by atoms with Crippen LogP contribution in [0.2, 0.25) is 0 Å². The maximum Gasteiger partial charge on any atom is 0.303 e. The van der Waals surface area contributed by atoms with Crippen LogP contribution in [0.15, 0.2) is 35.5 Å². The Morgan fingerprint density at radius 1 is 1.19 bits per heavy atom. The highest BCUT2D eigenvalue weighted by molar-refractivity contribution is 5.67. The Hall–Kier alpha value is -1.88. The molecule has 2 unspecified atom stereocenters. The van der Waals surface area contributed by atoms with Crippen LogP contribution in [-0.2, 0) is 19.1 Å². The molecule has 0 aromatic rings. The molecular formula is C32H48O5. The van der Waals surface area contributed by atoms with Gasteiger partial charge in [0.25, 0.3) is 0 Å². The molecule has 0 spiro atoms. The molecule has 0 aromatic heterocycles. The van der Waals surface area contributed by atoms with E-state index in [9.17, 15) is 14.7 Å². The van der Waals surface area contributed by atoms with Crippen molar-refractivity contribution in [3.8, 4) is 0 Å². The minimum atomic E-state index is -2.36. The largest absolute Gasteiger partial charge is 0.462 e. The summed E-state index contributed by atoms with van der Waals surface area (Å²) < 4.78 is 34.0. The second-order valence-corrected chi connectivity index (χ2v) is 12.8. The summed E-state index contributed by atoms with van der Waals surface area (Å²) in [5.74, 6) is 0.415. The Balaban J connectivity index is 1.49. The maximum absolute atomic E-state index is 11.7. The zero-order valence-corrected chi connectivity index (χ0v) is 23.2. The molecule has 206 valence electrons. The van der Waals surface area contributed by atoms with Crippen molar-refractivity contribution in [3.05, 3.63) is 35.5 Å². The molecule has 0 saturated heterocycles. The lowest BCUT2D eigenvalue weighted by molar-refractivity contribution is -0.152. The number of ether oxygens (including phenoxy) is 2. The number of aliphatic hydroxyl groups is 1. The summed E-state index contributed by atoms with van der Waals surface area (Å²) in [4.78, 5) is 23.3. The van der Waals surface area contributed by atoms with Crippen molar-refractivity contribution >= 4 is 11.9 Å². The topological polar surface area (TPSA) is 72.8 Å². The van der Waals surface area contributed by atoms with Crippen LogP contribution >= 0.6 is 0 Å². The summed E-state index contributed by atoms with van der Waals surface area (Å²) in [7, 11) is 0. The molecule has 37 heavy (non-hydrogen) atoms. The predicted molar refractivity (Wildman–Crippen MR) is 146 cm³/mol. The zero-order chi connectivity index (χ0) is 29.5. The van der Waals surface area contributed by atoms with Gasteiger partial charge in [-0.1, -0.05) is 37.6 Å². The van der Waals surface area contributed by atoms with Crippen LogP contribution in [0.25, 0.3) is 0 Å². The highest BCUT2D eigenvalue weighted by Crippen LogP contribution is 2.70. The molecule has 0 aromatic carbocycles. The second kappa shape index (κ2) is 10.7. The number of hydrogen-bond acceptors (Lipinski definition) is 5. The van der Waals surface area contributed by atoms with Gasteiger partial charge >= 0.3 is 11.9 Å².